The molecule has 0 amide bonds. The van der Waals surface area contributed by atoms with Crippen molar-refractivity contribution in [2.45, 2.75) is 30.2 Å². The largest absolute Gasteiger partial charge is 0.487 e. The molecule has 3 aromatic rings. The van der Waals surface area contributed by atoms with Gasteiger partial charge < -0.3 is 14.9 Å². The molecular weight excluding hydrogens is 527 g/mol. The van der Waals surface area contributed by atoms with Crippen LogP contribution in [0.25, 0.3) is 11.1 Å². The van der Waals surface area contributed by atoms with Crippen LogP contribution in [0, 0.1) is 0 Å². The second kappa shape index (κ2) is 13.4. The van der Waals surface area contributed by atoms with E-state index in [1.54, 1.807) is 36.4 Å². The lowest BCUT2D eigenvalue weighted by molar-refractivity contribution is -0.137. The number of thioether (sulfide) groups is 2. The lowest BCUT2D eigenvalue weighted by atomic mass is 10.0. The summed E-state index contributed by atoms with van der Waals surface area (Å²) in [4.78, 5) is 26.0. The first kappa shape index (κ1) is 28.4. The third-order valence-corrected chi connectivity index (χ3v) is 7.90. The molecule has 1 aromatic heterocycles. The molecule has 0 atom stereocenters. The number of carboxylic acids is 2. The molecule has 0 aliphatic rings. The average Bonchev–Trinajstić information content (AvgIpc) is 2.86. The normalized spacial score (nSPS) is 11.5. The molecule has 2 N–H and O–H groups in total. The highest BCUT2D eigenvalue weighted by Crippen LogP contribution is 2.41. The van der Waals surface area contributed by atoms with E-state index in [0.717, 1.165) is 11.6 Å². The van der Waals surface area contributed by atoms with Crippen LogP contribution < -0.4 is 4.74 Å². The molecular formula is C26H24F3NO5S2. The van der Waals surface area contributed by atoms with Crippen molar-refractivity contribution >= 4 is 35.5 Å². The van der Waals surface area contributed by atoms with Gasteiger partial charge in [-0.15, -0.1) is 23.5 Å². The Balaban J connectivity index is 1.67. The van der Waals surface area contributed by atoms with Crippen molar-refractivity contribution in [3.05, 3.63) is 83.7 Å². The summed E-state index contributed by atoms with van der Waals surface area (Å²) in [6, 6.07) is 15.7. The van der Waals surface area contributed by atoms with Crippen molar-refractivity contribution in [2.75, 3.05) is 11.5 Å². The summed E-state index contributed by atoms with van der Waals surface area (Å²) in [5.41, 5.74) is 1.06. The maximum atomic E-state index is 13.3. The third kappa shape index (κ3) is 9.01. The van der Waals surface area contributed by atoms with Gasteiger partial charge in [-0.2, -0.15) is 13.2 Å². The lowest BCUT2D eigenvalue weighted by Crippen LogP contribution is -2.07. The van der Waals surface area contributed by atoms with Gasteiger partial charge in [0.15, 0.2) is 0 Å². The van der Waals surface area contributed by atoms with Crippen molar-refractivity contribution in [2.24, 2.45) is 0 Å². The summed E-state index contributed by atoms with van der Waals surface area (Å²) < 4.78 is 45.6. The molecule has 0 unspecified atom stereocenters. The number of carbonyl (C=O) groups is 2. The van der Waals surface area contributed by atoms with Crippen molar-refractivity contribution in [1.82, 2.24) is 4.98 Å². The van der Waals surface area contributed by atoms with Crippen LogP contribution >= 0.6 is 23.5 Å². The van der Waals surface area contributed by atoms with Gasteiger partial charge in [0.05, 0.1) is 28.7 Å². The molecule has 0 saturated heterocycles. The predicted octanol–water partition coefficient (Wildman–Crippen LogP) is 6.76. The number of aliphatic carboxylic acids is 2. The molecule has 0 fully saturated rings. The van der Waals surface area contributed by atoms with Gasteiger partial charge in [0.2, 0.25) is 0 Å². The number of hydrogen-bond donors (Lipinski definition) is 2. The van der Waals surface area contributed by atoms with Crippen molar-refractivity contribution < 1.29 is 37.7 Å². The van der Waals surface area contributed by atoms with Crippen LogP contribution in [0.15, 0.2) is 66.9 Å². The number of benzene rings is 2. The summed E-state index contributed by atoms with van der Waals surface area (Å²) in [7, 11) is 0. The van der Waals surface area contributed by atoms with E-state index in [9.17, 15) is 22.8 Å². The highest BCUT2D eigenvalue weighted by atomic mass is 32.2. The van der Waals surface area contributed by atoms with Crippen molar-refractivity contribution in [1.29, 1.82) is 0 Å². The summed E-state index contributed by atoms with van der Waals surface area (Å²) in [6.07, 6.45) is -3.11. The molecule has 0 spiro atoms. The first-order valence-corrected chi connectivity index (χ1v) is 13.2. The van der Waals surface area contributed by atoms with Crippen LogP contribution in [0.5, 0.6) is 5.75 Å². The monoisotopic (exact) mass is 551 g/mol. The Labute approximate surface area is 220 Å². The van der Waals surface area contributed by atoms with Gasteiger partial charge in [0, 0.05) is 23.3 Å². The zero-order valence-electron chi connectivity index (χ0n) is 19.5. The SMILES string of the molecule is O=C(O)CCSC(SCCC(=O)O)c1cccc(OCc2ccc(-c3ccccc3C(F)(F)F)cn2)c1. The van der Waals surface area contributed by atoms with E-state index in [4.69, 9.17) is 14.9 Å². The van der Waals surface area contributed by atoms with Gasteiger partial charge in [-0.05, 0) is 35.4 Å². The number of halogens is 3. The van der Waals surface area contributed by atoms with Crippen LogP contribution in [0.1, 0.15) is 34.2 Å². The predicted molar refractivity (Wildman–Crippen MR) is 138 cm³/mol. The van der Waals surface area contributed by atoms with E-state index in [2.05, 4.69) is 4.98 Å². The number of pyridine rings is 1. The van der Waals surface area contributed by atoms with Crippen molar-refractivity contribution in [3.8, 4) is 16.9 Å². The van der Waals surface area contributed by atoms with Gasteiger partial charge >= 0.3 is 18.1 Å². The smallest absolute Gasteiger partial charge is 0.417 e. The standard InChI is InChI=1S/C26H24F3NO5S2/c27-26(28,29)22-7-2-1-6-21(22)18-8-9-19(30-15-18)16-35-20-5-3-4-17(14-20)25(36-12-10-23(31)32)37-13-11-24(33)34/h1-9,14-15,25H,10-13,16H2,(H,31,32)(H,33,34). The number of aromatic nitrogens is 1. The van der Waals surface area contributed by atoms with Crippen LogP contribution in [-0.2, 0) is 22.4 Å². The van der Waals surface area contributed by atoms with Gasteiger partial charge in [-0.1, -0.05) is 36.4 Å². The Morgan fingerprint density at radius 3 is 2.19 bits per heavy atom. The number of nitrogens with zero attached hydrogens (tertiary/aromatic N) is 1. The summed E-state index contributed by atoms with van der Waals surface area (Å²) in [5, 5.41) is 17.9. The molecule has 0 aliphatic heterocycles. The molecule has 11 heteroatoms. The van der Waals surface area contributed by atoms with E-state index in [1.165, 1.54) is 41.9 Å². The molecule has 0 bridgehead atoms. The highest BCUT2D eigenvalue weighted by Gasteiger charge is 2.33. The third-order valence-electron chi connectivity index (χ3n) is 5.06. The Hall–Kier alpha value is -3.18. The minimum Gasteiger partial charge on any atom is -0.487 e. The maximum absolute atomic E-state index is 13.3. The zero-order chi connectivity index (χ0) is 26.8. The minimum atomic E-state index is -4.47. The quantitative estimate of drug-likeness (QED) is 0.225. The first-order chi connectivity index (χ1) is 17.6. The van der Waals surface area contributed by atoms with Crippen LogP contribution in [0.3, 0.4) is 0 Å². The number of ether oxygens (including phenoxy) is 1. The van der Waals surface area contributed by atoms with Gasteiger partial charge in [-0.3, -0.25) is 14.6 Å². The number of rotatable bonds is 13. The summed E-state index contributed by atoms with van der Waals surface area (Å²) >= 11 is 2.84. The van der Waals surface area contributed by atoms with E-state index in [-0.39, 0.29) is 29.6 Å². The van der Waals surface area contributed by atoms with Crippen LogP contribution in [0.4, 0.5) is 13.2 Å². The molecule has 0 saturated carbocycles. The number of carboxylic acid groups (broad SMARTS) is 2. The number of alkyl halides is 3. The van der Waals surface area contributed by atoms with E-state index >= 15 is 0 Å². The Morgan fingerprint density at radius 2 is 1.59 bits per heavy atom. The van der Waals surface area contributed by atoms with Crippen molar-refractivity contribution in [3.63, 3.8) is 0 Å². The highest BCUT2D eigenvalue weighted by molar-refractivity contribution is 8.16. The van der Waals surface area contributed by atoms with Crippen LogP contribution in [-0.4, -0.2) is 38.6 Å². The molecule has 0 radical (unpaired) electrons. The minimum absolute atomic E-state index is 0.00798. The van der Waals surface area contributed by atoms with Gasteiger partial charge in [0.25, 0.3) is 0 Å². The zero-order valence-corrected chi connectivity index (χ0v) is 21.1. The summed E-state index contributed by atoms with van der Waals surface area (Å²) in [6.45, 7) is 0.0909. The first-order valence-electron chi connectivity index (χ1n) is 11.1. The Bertz CT molecular complexity index is 1190. The van der Waals surface area contributed by atoms with E-state index in [1.807, 2.05) is 6.07 Å². The van der Waals surface area contributed by atoms with Gasteiger partial charge in [-0.25, -0.2) is 0 Å². The fourth-order valence-corrected chi connectivity index (χ4v) is 5.96. The second-order valence-corrected chi connectivity index (χ2v) is 10.5. The topological polar surface area (TPSA) is 96.7 Å². The Morgan fingerprint density at radius 1 is 0.919 bits per heavy atom. The van der Waals surface area contributed by atoms with E-state index < -0.39 is 23.7 Å². The second-order valence-electron chi connectivity index (χ2n) is 7.80. The molecule has 0 aliphatic carbocycles. The molecule has 6 nitrogen and oxygen atoms in total. The van der Waals surface area contributed by atoms with Crippen LogP contribution in [0.2, 0.25) is 0 Å². The molecule has 1 heterocycles. The molecule has 196 valence electrons. The summed E-state index contributed by atoms with van der Waals surface area (Å²) in [5.74, 6) is -0.523. The maximum Gasteiger partial charge on any atom is 0.417 e. The fourth-order valence-electron chi connectivity index (χ4n) is 3.31. The van der Waals surface area contributed by atoms with Gasteiger partial charge in [0.1, 0.15) is 12.4 Å². The fraction of sp³-hybridized carbons (Fsp3) is 0.269. The molecule has 3 rings (SSSR count). The number of hydrogen-bond acceptors (Lipinski definition) is 6. The molecule has 37 heavy (non-hydrogen) atoms. The van der Waals surface area contributed by atoms with E-state index in [0.29, 0.717) is 28.5 Å². The lowest BCUT2D eigenvalue weighted by Gasteiger charge is -2.17. The Kier molecular flexibility index (Phi) is 10.3. The molecule has 2 aromatic carbocycles. The average molecular weight is 552 g/mol.